The lowest BCUT2D eigenvalue weighted by Crippen LogP contribution is -2.04. The van der Waals surface area contributed by atoms with Gasteiger partial charge in [-0.3, -0.25) is 4.79 Å². The molecule has 1 aromatic heterocycles. The minimum absolute atomic E-state index is 0.223. The Hall–Kier alpha value is -2.53. The summed E-state index contributed by atoms with van der Waals surface area (Å²) in [6.07, 6.45) is 1.13. The van der Waals surface area contributed by atoms with Gasteiger partial charge in [-0.05, 0) is 36.8 Å². The van der Waals surface area contributed by atoms with Crippen molar-refractivity contribution in [3.05, 3.63) is 71.6 Å². The molecule has 0 amide bonds. The van der Waals surface area contributed by atoms with E-state index in [1.54, 1.807) is 11.8 Å². The zero-order valence-corrected chi connectivity index (χ0v) is 15.7. The zero-order chi connectivity index (χ0) is 18.4. The smallest absolute Gasteiger partial charge is 0.309 e. The van der Waals surface area contributed by atoms with Crippen LogP contribution in [0.15, 0.2) is 63.9 Å². The van der Waals surface area contributed by atoms with Crippen molar-refractivity contribution < 1.29 is 13.9 Å². The van der Waals surface area contributed by atoms with E-state index in [-0.39, 0.29) is 5.97 Å². The molecular weight excluding hydrogens is 346 g/mol. The first-order valence-electron chi connectivity index (χ1n) is 8.46. The minimum atomic E-state index is -0.223. The molecule has 5 heteroatoms. The summed E-state index contributed by atoms with van der Waals surface area (Å²) in [5.74, 6) is 2.20. The van der Waals surface area contributed by atoms with Crippen LogP contribution in [0.2, 0.25) is 0 Å². The Labute approximate surface area is 157 Å². The van der Waals surface area contributed by atoms with Gasteiger partial charge in [-0.15, -0.1) is 11.8 Å². The fraction of sp³-hybridized carbons (Fsp3) is 0.238. The first kappa shape index (κ1) is 18.3. The molecule has 0 spiro atoms. The Balaban J connectivity index is 1.59. The van der Waals surface area contributed by atoms with Crippen LogP contribution in [0.5, 0.6) is 0 Å². The molecule has 134 valence electrons. The number of thioether (sulfide) groups is 1. The topological polar surface area (TPSA) is 52.3 Å². The van der Waals surface area contributed by atoms with Gasteiger partial charge >= 0.3 is 5.97 Å². The summed E-state index contributed by atoms with van der Waals surface area (Å²) in [6, 6.07) is 17.9. The second-order valence-electron chi connectivity index (χ2n) is 5.89. The van der Waals surface area contributed by atoms with Crippen molar-refractivity contribution in [2.75, 3.05) is 12.9 Å². The van der Waals surface area contributed by atoms with Crippen LogP contribution in [-0.4, -0.2) is 23.8 Å². The number of carbonyl (C=O) groups excluding carboxylic acids is 1. The molecule has 0 atom stereocenters. The largest absolute Gasteiger partial charge is 0.469 e. The molecule has 0 unspecified atom stereocenters. The van der Waals surface area contributed by atoms with Crippen LogP contribution in [0.4, 0.5) is 0 Å². The molecule has 0 aliphatic carbocycles. The highest BCUT2D eigenvalue weighted by Crippen LogP contribution is 2.24. The van der Waals surface area contributed by atoms with Gasteiger partial charge in [-0.2, -0.15) is 0 Å². The maximum absolute atomic E-state index is 11.4. The van der Waals surface area contributed by atoms with Gasteiger partial charge < -0.3 is 9.15 Å². The highest BCUT2D eigenvalue weighted by Gasteiger charge is 2.11. The number of aryl methyl sites for hydroxylation is 2. The number of hydrogen-bond acceptors (Lipinski definition) is 5. The van der Waals surface area contributed by atoms with Crippen molar-refractivity contribution in [1.29, 1.82) is 0 Å². The number of oxazole rings is 1. The monoisotopic (exact) mass is 367 g/mol. The number of carbonyl (C=O) groups is 1. The maximum Gasteiger partial charge on any atom is 0.309 e. The Morgan fingerprint density at radius 1 is 1.15 bits per heavy atom. The fourth-order valence-electron chi connectivity index (χ4n) is 2.61. The summed E-state index contributed by atoms with van der Waals surface area (Å²) >= 11 is 1.74. The molecule has 3 rings (SSSR count). The van der Waals surface area contributed by atoms with E-state index in [4.69, 9.17) is 9.15 Å². The molecule has 0 saturated heterocycles. The summed E-state index contributed by atoms with van der Waals surface area (Å²) in [4.78, 5) is 17.2. The number of benzene rings is 2. The van der Waals surface area contributed by atoms with E-state index in [1.807, 2.05) is 55.5 Å². The third kappa shape index (κ3) is 4.76. The lowest BCUT2D eigenvalue weighted by Gasteiger charge is -2.04. The summed E-state index contributed by atoms with van der Waals surface area (Å²) in [7, 11) is 1.41. The van der Waals surface area contributed by atoms with Gasteiger partial charge in [-0.25, -0.2) is 4.98 Å². The Morgan fingerprint density at radius 3 is 2.73 bits per heavy atom. The van der Waals surface area contributed by atoms with E-state index in [0.717, 1.165) is 39.7 Å². The van der Waals surface area contributed by atoms with Crippen LogP contribution in [0.3, 0.4) is 0 Å². The van der Waals surface area contributed by atoms with Crippen molar-refractivity contribution in [1.82, 2.24) is 4.98 Å². The molecule has 0 saturated carbocycles. The number of hydrogen-bond donors (Lipinski definition) is 0. The van der Waals surface area contributed by atoms with Crippen molar-refractivity contribution >= 4 is 17.7 Å². The first-order chi connectivity index (χ1) is 12.7. The molecule has 0 bridgehead atoms. The summed E-state index contributed by atoms with van der Waals surface area (Å²) in [6.45, 7) is 1.95. The van der Waals surface area contributed by atoms with Gasteiger partial charge in [0.1, 0.15) is 5.76 Å². The van der Waals surface area contributed by atoms with E-state index in [1.165, 1.54) is 7.11 Å². The normalized spacial score (nSPS) is 10.7. The lowest BCUT2D eigenvalue weighted by atomic mass is 10.1. The standard InChI is InChI=1S/C21H21NO3S/c1-15-19(22-21(25-15)17-8-4-3-5-9-17)11-12-26-18-10-6-7-16(13-18)14-20(23)24-2/h3-10,13H,11-12,14H2,1-2H3. The predicted octanol–water partition coefficient (Wildman–Crippen LogP) is 4.70. The number of esters is 1. The summed E-state index contributed by atoms with van der Waals surface area (Å²) in [5, 5.41) is 0. The molecule has 0 radical (unpaired) electrons. The number of aromatic nitrogens is 1. The highest BCUT2D eigenvalue weighted by molar-refractivity contribution is 7.99. The van der Waals surface area contributed by atoms with Gasteiger partial charge in [0.05, 0.1) is 19.2 Å². The molecule has 0 aliphatic heterocycles. The molecule has 2 aromatic carbocycles. The minimum Gasteiger partial charge on any atom is -0.469 e. The second kappa shape index (κ2) is 8.72. The summed E-state index contributed by atoms with van der Waals surface area (Å²) in [5.41, 5.74) is 2.94. The van der Waals surface area contributed by atoms with E-state index in [2.05, 4.69) is 11.1 Å². The number of nitrogens with zero attached hydrogens (tertiary/aromatic N) is 1. The zero-order valence-electron chi connectivity index (χ0n) is 14.9. The van der Waals surface area contributed by atoms with E-state index < -0.39 is 0 Å². The number of ether oxygens (including phenoxy) is 1. The lowest BCUT2D eigenvalue weighted by molar-refractivity contribution is -0.139. The summed E-state index contributed by atoms with van der Waals surface area (Å²) < 4.78 is 10.5. The maximum atomic E-state index is 11.4. The van der Waals surface area contributed by atoms with Crippen molar-refractivity contribution in [3.8, 4) is 11.5 Å². The SMILES string of the molecule is COC(=O)Cc1cccc(SCCc2nc(-c3ccccc3)oc2C)c1. The first-order valence-corrected chi connectivity index (χ1v) is 9.44. The van der Waals surface area contributed by atoms with Crippen molar-refractivity contribution in [3.63, 3.8) is 0 Å². The number of methoxy groups -OCH3 is 1. The van der Waals surface area contributed by atoms with Gasteiger partial charge in [0, 0.05) is 22.6 Å². The molecule has 4 nitrogen and oxygen atoms in total. The van der Waals surface area contributed by atoms with E-state index >= 15 is 0 Å². The van der Waals surface area contributed by atoms with Crippen LogP contribution in [0.25, 0.3) is 11.5 Å². The quantitative estimate of drug-likeness (QED) is 0.447. The third-order valence-corrected chi connectivity index (χ3v) is 4.99. The molecule has 0 aliphatic rings. The fourth-order valence-corrected chi connectivity index (χ4v) is 3.55. The van der Waals surface area contributed by atoms with E-state index in [9.17, 15) is 4.79 Å². The van der Waals surface area contributed by atoms with Gasteiger partial charge in [-0.1, -0.05) is 30.3 Å². The molecule has 3 aromatic rings. The Kier molecular flexibility index (Phi) is 6.12. The van der Waals surface area contributed by atoms with Crippen LogP contribution in [-0.2, 0) is 22.4 Å². The van der Waals surface area contributed by atoms with E-state index in [0.29, 0.717) is 12.3 Å². The Morgan fingerprint density at radius 2 is 1.96 bits per heavy atom. The molecule has 1 heterocycles. The Bertz CT molecular complexity index is 874. The molecular formula is C21H21NO3S. The van der Waals surface area contributed by atoms with Gasteiger partial charge in [0.25, 0.3) is 0 Å². The van der Waals surface area contributed by atoms with Crippen LogP contribution >= 0.6 is 11.8 Å². The average Bonchev–Trinajstić information content (AvgIpc) is 3.03. The molecule has 0 N–H and O–H groups in total. The average molecular weight is 367 g/mol. The van der Waals surface area contributed by atoms with Crippen molar-refractivity contribution in [2.24, 2.45) is 0 Å². The highest BCUT2D eigenvalue weighted by atomic mass is 32.2. The van der Waals surface area contributed by atoms with Crippen molar-refractivity contribution in [2.45, 2.75) is 24.7 Å². The van der Waals surface area contributed by atoms with Gasteiger partial charge in [0.15, 0.2) is 0 Å². The second-order valence-corrected chi connectivity index (χ2v) is 7.06. The third-order valence-electron chi connectivity index (χ3n) is 4.00. The van der Waals surface area contributed by atoms with Crippen LogP contribution in [0.1, 0.15) is 17.0 Å². The van der Waals surface area contributed by atoms with Crippen LogP contribution < -0.4 is 0 Å². The number of rotatable bonds is 7. The predicted molar refractivity (Wildman–Crippen MR) is 103 cm³/mol. The van der Waals surface area contributed by atoms with Gasteiger partial charge in [0.2, 0.25) is 5.89 Å². The molecule has 0 fully saturated rings. The molecule has 26 heavy (non-hydrogen) atoms. The van der Waals surface area contributed by atoms with Crippen LogP contribution in [0, 0.1) is 6.92 Å².